The number of rotatable bonds is 3. The minimum atomic E-state index is -0.128. The third kappa shape index (κ3) is 3.14. The van der Waals surface area contributed by atoms with Crippen molar-refractivity contribution >= 4 is 11.0 Å². The average Bonchev–Trinajstić information content (AvgIpc) is 3.35. The Bertz CT molecular complexity index is 1360. The Morgan fingerprint density at radius 2 is 2.00 bits per heavy atom. The maximum Gasteiger partial charge on any atom is 0.262 e. The predicted octanol–water partition coefficient (Wildman–Crippen LogP) is 2.59. The second kappa shape index (κ2) is 7.34. The van der Waals surface area contributed by atoms with E-state index in [0.29, 0.717) is 23.4 Å². The molecule has 4 aromatic rings. The van der Waals surface area contributed by atoms with E-state index in [0.717, 1.165) is 50.2 Å². The minimum Gasteiger partial charge on any atom is -0.309 e. The minimum absolute atomic E-state index is 0.0387. The fourth-order valence-electron chi connectivity index (χ4n) is 5.39. The first-order valence-corrected chi connectivity index (χ1v) is 11.2. The van der Waals surface area contributed by atoms with Crippen LogP contribution in [0.3, 0.4) is 0 Å². The summed E-state index contributed by atoms with van der Waals surface area (Å²) in [5.41, 5.74) is 4.07. The number of aromatic nitrogens is 6. The highest BCUT2D eigenvalue weighted by Gasteiger charge is 2.43. The number of nitrogens with one attached hydrogen (secondary N) is 1. The maximum absolute atomic E-state index is 12.5. The second-order valence-corrected chi connectivity index (χ2v) is 9.05. The quantitative estimate of drug-likeness (QED) is 0.540. The van der Waals surface area contributed by atoms with Crippen LogP contribution in [0.4, 0.5) is 0 Å². The summed E-state index contributed by atoms with van der Waals surface area (Å²) < 4.78 is 1.65. The molecule has 6 rings (SSSR count). The molecule has 0 radical (unpaired) electrons. The molecular weight excluding hydrogens is 402 g/mol. The van der Waals surface area contributed by atoms with Crippen molar-refractivity contribution < 1.29 is 0 Å². The van der Waals surface area contributed by atoms with Crippen LogP contribution in [-0.2, 0) is 25.4 Å². The smallest absolute Gasteiger partial charge is 0.262 e. The lowest BCUT2D eigenvalue weighted by molar-refractivity contribution is 0.134. The molecule has 1 saturated heterocycles. The SMILES string of the molecule is Cn1ncc2c(=O)[nH]c(CN3CCCC4(CCc5cnc(-c6ccccc6)nc54)C3)nc21. The molecule has 0 bridgehead atoms. The topological polar surface area (TPSA) is 92.6 Å². The van der Waals surface area contributed by atoms with Crippen molar-refractivity contribution in [1.29, 1.82) is 0 Å². The van der Waals surface area contributed by atoms with Gasteiger partial charge in [0.1, 0.15) is 11.2 Å². The van der Waals surface area contributed by atoms with E-state index < -0.39 is 0 Å². The van der Waals surface area contributed by atoms with E-state index in [4.69, 9.17) is 4.98 Å². The highest BCUT2D eigenvalue weighted by Crippen LogP contribution is 2.44. The summed E-state index contributed by atoms with van der Waals surface area (Å²) in [6.07, 6.45) is 7.94. The summed E-state index contributed by atoms with van der Waals surface area (Å²) in [4.78, 5) is 32.2. The molecule has 3 aromatic heterocycles. The van der Waals surface area contributed by atoms with Crippen molar-refractivity contribution in [2.75, 3.05) is 13.1 Å². The fraction of sp³-hybridized carbons (Fsp3) is 0.375. The number of hydrogen-bond donors (Lipinski definition) is 1. The van der Waals surface area contributed by atoms with Crippen molar-refractivity contribution in [3.05, 3.63) is 70.2 Å². The molecule has 1 fully saturated rings. The van der Waals surface area contributed by atoms with E-state index in [2.05, 4.69) is 37.1 Å². The molecule has 1 aromatic carbocycles. The van der Waals surface area contributed by atoms with Gasteiger partial charge in [0.15, 0.2) is 11.5 Å². The third-order valence-electron chi connectivity index (χ3n) is 6.95. The lowest BCUT2D eigenvalue weighted by Gasteiger charge is -2.40. The van der Waals surface area contributed by atoms with Crippen molar-refractivity contribution in [3.8, 4) is 11.4 Å². The normalized spacial score (nSPS) is 20.8. The number of aryl methyl sites for hydroxylation is 2. The molecule has 32 heavy (non-hydrogen) atoms. The zero-order chi connectivity index (χ0) is 21.7. The number of H-pyrrole nitrogens is 1. The van der Waals surface area contributed by atoms with Crippen LogP contribution >= 0.6 is 0 Å². The first kappa shape index (κ1) is 19.3. The van der Waals surface area contributed by atoms with Crippen LogP contribution in [0.2, 0.25) is 0 Å². The summed E-state index contributed by atoms with van der Waals surface area (Å²) in [7, 11) is 1.81. The van der Waals surface area contributed by atoms with Gasteiger partial charge in [0, 0.05) is 30.8 Å². The molecule has 8 nitrogen and oxygen atoms in total. The number of likely N-dealkylation sites (tertiary alicyclic amines) is 1. The van der Waals surface area contributed by atoms with E-state index in [1.54, 1.807) is 10.9 Å². The largest absolute Gasteiger partial charge is 0.309 e. The molecule has 162 valence electrons. The second-order valence-electron chi connectivity index (χ2n) is 9.05. The van der Waals surface area contributed by atoms with Crippen LogP contribution < -0.4 is 5.56 Å². The van der Waals surface area contributed by atoms with Crippen LogP contribution in [0.5, 0.6) is 0 Å². The Morgan fingerprint density at radius 3 is 2.88 bits per heavy atom. The molecule has 1 N–H and O–H groups in total. The summed E-state index contributed by atoms with van der Waals surface area (Å²) in [6, 6.07) is 10.2. The Kier molecular flexibility index (Phi) is 4.43. The van der Waals surface area contributed by atoms with Crippen molar-refractivity contribution in [2.45, 2.75) is 37.6 Å². The molecular formula is C24H25N7O. The first-order valence-electron chi connectivity index (χ1n) is 11.2. The zero-order valence-electron chi connectivity index (χ0n) is 18.1. The van der Waals surface area contributed by atoms with Gasteiger partial charge in [-0.2, -0.15) is 5.10 Å². The fourth-order valence-corrected chi connectivity index (χ4v) is 5.39. The molecule has 1 aliphatic heterocycles. The molecule has 1 unspecified atom stereocenters. The van der Waals surface area contributed by atoms with Crippen LogP contribution in [0, 0.1) is 0 Å². The molecule has 1 aliphatic carbocycles. The average molecular weight is 428 g/mol. The zero-order valence-corrected chi connectivity index (χ0v) is 18.1. The van der Waals surface area contributed by atoms with Gasteiger partial charge in [0.2, 0.25) is 0 Å². The lowest BCUT2D eigenvalue weighted by Crippen LogP contribution is -2.45. The van der Waals surface area contributed by atoms with E-state index in [-0.39, 0.29) is 11.0 Å². The molecule has 8 heteroatoms. The lowest BCUT2D eigenvalue weighted by atomic mass is 9.77. The van der Waals surface area contributed by atoms with Gasteiger partial charge in [-0.05, 0) is 37.8 Å². The monoisotopic (exact) mass is 427 g/mol. The summed E-state index contributed by atoms with van der Waals surface area (Å²) >= 11 is 0. The molecule has 1 spiro atoms. The Balaban J connectivity index is 1.30. The number of piperidine rings is 1. The van der Waals surface area contributed by atoms with E-state index in [1.807, 2.05) is 31.4 Å². The van der Waals surface area contributed by atoms with E-state index in [1.165, 1.54) is 11.3 Å². The van der Waals surface area contributed by atoms with E-state index in [9.17, 15) is 4.79 Å². The van der Waals surface area contributed by atoms with Gasteiger partial charge in [0.05, 0.1) is 18.4 Å². The number of benzene rings is 1. The van der Waals surface area contributed by atoms with Gasteiger partial charge in [-0.15, -0.1) is 0 Å². The maximum atomic E-state index is 12.5. The number of nitrogens with zero attached hydrogens (tertiary/aromatic N) is 6. The number of fused-ring (bicyclic) bond motifs is 3. The molecule has 0 saturated carbocycles. The summed E-state index contributed by atoms with van der Waals surface area (Å²) in [5, 5.41) is 4.70. The number of hydrogen-bond acceptors (Lipinski definition) is 6. The van der Waals surface area contributed by atoms with Crippen molar-refractivity contribution in [1.82, 2.24) is 34.6 Å². The molecule has 0 amide bonds. The van der Waals surface area contributed by atoms with Gasteiger partial charge in [-0.25, -0.2) is 15.0 Å². The highest BCUT2D eigenvalue weighted by molar-refractivity contribution is 5.72. The third-order valence-corrected chi connectivity index (χ3v) is 6.95. The van der Waals surface area contributed by atoms with Gasteiger partial charge in [0.25, 0.3) is 5.56 Å². The van der Waals surface area contributed by atoms with Crippen LogP contribution in [0.25, 0.3) is 22.4 Å². The molecule has 1 atom stereocenters. The van der Waals surface area contributed by atoms with Crippen LogP contribution in [-0.4, -0.2) is 47.7 Å². The molecule has 4 heterocycles. The Labute approximate surface area is 185 Å². The first-order chi connectivity index (χ1) is 15.6. The van der Waals surface area contributed by atoms with Crippen LogP contribution in [0.15, 0.2) is 47.5 Å². The van der Waals surface area contributed by atoms with Gasteiger partial charge < -0.3 is 4.98 Å². The Morgan fingerprint density at radius 1 is 1.12 bits per heavy atom. The van der Waals surface area contributed by atoms with Crippen molar-refractivity contribution in [3.63, 3.8) is 0 Å². The molecule has 2 aliphatic rings. The summed E-state index contributed by atoms with van der Waals surface area (Å²) in [5.74, 6) is 1.49. The Hall–Kier alpha value is -3.39. The van der Waals surface area contributed by atoms with Gasteiger partial charge in [-0.3, -0.25) is 14.4 Å². The predicted molar refractivity (Wildman–Crippen MR) is 121 cm³/mol. The highest BCUT2D eigenvalue weighted by atomic mass is 16.1. The summed E-state index contributed by atoms with van der Waals surface area (Å²) in [6.45, 7) is 2.52. The van der Waals surface area contributed by atoms with Crippen LogP contribution in [0.1, 0.15) is 36.3 Å². The van der Waals surface area contributed by atoms with Gasteiger partial charge >= 0.3 is 0 Å². The standard InChI is InChI=1S/C24H25N7O/c1-30-22-18(13-26-30)23(32)28-19(27-22)14-31-11-5-9-24(15-31)10-8-17-12-25-21(29-20(17)24)16-6-3-2-4-7-16/h2-4,6-7,12-13H,5,8-11,14-15H2,1H3,(H,27,28,32). The van der Waals surface area contributed by atoms with Gasteiger partial charge in [-0.1, -0.05) is 30.3 Å². The number of aromatic amines is 1. The van der Waals surface area contributed by atoms with E-state index >= 15 is 0 Å². The van der Waals surface area contributed by atoms with Crippen molar-refractivity contribution in [2.24, 2.45) is 7.05 Å².